The van der Waals surface area contributed by atoms with Crippen LogP contribution in [0.2, 0.25) is 5.02 Å². The van der Waals surface area contributed by atoms with Crippen LogP contribution in [0.3, 0.4) is 0 Å². The van der Waals surface area contributed by atoms with Gasteiger partial charge in [0.1, 0.15) is 5.78 Å². The van der Waals surface area contributed by atoms with Crippen LogP contribution in [0.4, 0.5) is 0 Å². The fourth-order valence-electron chi connectivity index (χ4n) is 1.68. The van der Waals surface area contributed by atoms with Crippen molar-refractivity contribution in [1.29, 1.82) is 0 Å². The molecule has 0 unspecified atom stereocenters. The molecule has 1 heterocycles. The summed E-state index contributed by atoms with van der Waals surface area (Å²) in [5.41, 5.74) is 0.994. The molecule has 0 saturated carbocycles. The lowest BCUT2D eigenvalue weighted by atomic mass is 10.1. The smallest absolute Gasteiger partial charge is 0.137 e. The topological polar surface area (TPSA) is 17.1 Å². The maximum atomic E-state index is 11.8. The molecule has 0 aliphatic rings. The number of benzene rings is 1. The third-order valence-corrected chi connectivity index (χ3v) is 3.69. The van der Waals surface area contributed by atoms with Gasteiger partial charge in [-0.3, -0.25) is 4.79 Å². The van der Waals surface area contributed by atoms with E-state index in [-0.39, 0.29) is 5.78 Å². The zero-order valence-electron chi connectivity index (χ0n) is 9.36. The first kappa shape index (κ1) is 12.3. The third kappa shape index (κ3) is 3.99. The Morgan fingerprint density at radius 3 is 2.82 bits per heavy atom. The second-order valence-corrected chi connectivity index (χ2v) is 5.39. The Kier molecular flexibility index (Phi) is 4.35. The van der Waals surface area contributed by atoms with Crippen LogP contribution in [0, 0.1) is 0 Å². The number of hydrogen-bond acceptors (Lipinski definition) is 2. The van der Waals surface area contributed by atoms with E-state index in [1.807, 2.05) is 35.7 Å². The maximum Gasteiger partial charge on any atom is 0.137 e. The van der Waals surface area contributed by atoms with Gasteiger partial charge in [-0.05, 0) is 35.6 Å². The molecule has 3 heteroatoms. The Morgan fingerprint density at radius 1 is 1.24 bits per heavy atom. The highest BCUT2D eigenvalue weighted by Crippen LogP contribution is 2.14. The summed E-state index contributed by atoms with van der Waals surface area (Å²) in [5.74, 6) is 0.265. The van der Waals surface area contributed by atoms with Gasteiger partial charge in [-0.2, -0.15) is 0 Å². The summed E-state index contributed by atoms with van der Waals surface area (Å²) in [5, 5.41) is 2.73. The van der Waals surface area contributed by atoms with Gasteiger partial charge >= 0.3 is 0 Å². The molecular weight excluding hydrogens is 252 g/mol. The Morgan fingerprint density at radius 2 is 2.12 bits per heavy atom. The van der Waals surface area contributed by atoms with Crippen LogP contribution in [-0.4, -0.2) is 5.78 Å². The minimum absolute atomic E-state index is 0.265. The number of rotatable bonds is 5. The lowest BCUT2D eigenvalue weighted by Gasteiger charge is -2.01. The molecule has 0 atom stereocenters. The standard InChI is InChI=1S/C14H13ClOS/c15-12-4-1-3-11(9-12)10-13(16)6-7-14-5-2-8-17-14/h1-5,8-9H,6-7,10H2. The number of carbonyl (C=O) groups is 1. The van der Waals surface area contributed by atoms with Gasteiger partial charge < -0.3 is 0 Å². The molecule has 0 amide bonds. The average molecular weight is 265 g/mol. The summed E-state index contributed by atoms with van der Waals surface area (Å²) in [6, 6.07) is 11.6. The van der Waals surface area contributed by atoms with Crippen LogP contribution in [0.1, 0.15) is 16.9 Å². The summed E-state index contributed by atoms with van der Waals surface area (Å²) in [4.78, 5) is 13.0. The Labute approximate surface area is 110 Å². The molecule has 0 bridgehead atoms. The minimum Gasteiger partial charge on any atom is -0.299 e. The number of thiophene rings is 1. The largest absolute Gasteiger partial charge is 0.299 e. The van der Waals surface area contributed by atoms with Crippen LogP contribution < -0.4 is 0 Å². The number of ketones is 1. The van der Waals surface area contributed by atoms with E-state index in [0.29, 0.717) is 17.9 Å². The fourth-order valence-corrected chi connectivity index (χ4v) is 2.60. The molecule has 0 aliphatic carbocycles. The molecular formula is C14H13ClOS. The first-order valence-corrected chi connectivity index (χ1v) is 6.78. The summed E-state index contributed by atoms with van der Waals surface area (Å²) in [7, 11) is 0. The van der Waals surface area contributed by atoms with E-state index in [2.05, 4.69) is 6.07 Å². The quantitative estimate of drug-likeness (QED) is 0.793. The van der Waals surface area contributed by atoms with Gasteiger partial charge in [0.25, 0.3) is 0 Å². The maximum absolute atomic E-state index is 11.8. The molecule has 1 aromatic carbocycles. The van der Waals surface area contributed by atoms with Crippen molar-refractivity contribution >= 4 is 28.7 Å². The van der Waals surface area contributed by atoms with Crippen molar-refractivity contribution in [2.24, 2.45) is 0 Å². The number of carbonyl (C=O) groups excluding carboxylic acids is 1. The summed E-state index contributed by atoms with van der Waals surface area (Å²) >= 11 is 7.58. The van der Waals surface area contributed by atoms with Gasteiger partial charge in [0.15, 0.2) is 0 Å². The van der Waals surface area contributed by atoms with Crippen molar-refractivity contribution in [3.05, 3.63) is 57.2 Å². The highest BCUT2D eigenvalue weighted by atomic mass is 35.5. The molecule has 0 spiro atoms. The van der Waals surface area contributed by atoms with Crippen LogP contribution in [0.15, 0.2) is 41.8 Å². The van der Waals surface area contributed by atoms with Gasteiger partial charge in [-0.15, -0.1) is 11.3 Å². The van der Waals surface area contributed by atoms with E-state index >= 15 is 0 Å². The Hall–Kier alpha value is -1.12. The van der Waals surface area contributed by atoms with E-state index in [4.69, 9.17) is 11.6 Å². The van der Waals surface area contributed by atoms with Crippen molar-refractivity contribution in [1.82, 2.24) is 0 Å². The molecule has 0 N–H and O–H groups in total. The molecule has 88 valence electrons. The fraction of sp³-hybridized carbons (Fsp3) is 0.214. The van der Waals surface area contributed by atoms with Gasteiger partial charge in [0.2, 0.25) is 0 Å². The second-order valence-electron chi connectivity index (χ2n) is 3.92. The lowest BCUT2D eigenvalue weighted by Crippen LogP contribution is -2.03. The van der Waals surface area contributed by atoms with E-state index in [0.717, 1.165) is 12.0 Å². The number of Topliss-reactive ketones (excluding diaryl/α,β-unsaturated/α-hetero) is 1. The predicted molar refractivity (Wildman–Crippen MR) is 72.8 cm³/mol. The second kappa shape index (κ2) is 5.99. The van der Waals surface area contributed by atoms with Gasteiger partial charge in [-0.25, -0.2) is 0 Å². The first-order chi connectivity index (χ1) is 8.24. The Bertz CT molecular complexity index is 491. The SMILES string of the molecule is O=C(CCc1cccs1)Cc1cccc(Cl)c1. The van der Waals surface area contributed by atoms with Crippen molar-refractivity contribution in [3.8, 4) is 0 Å². The molecule has 0 aliphatic heterocycles. The molecule has 0 saturated heterocycles. The number of halogens is 1. The predicted octanol–water partition coefficient (Wildman–Crippen LogP) is 4.15. The van der Waals surface area contributed by atoms with Gasteiger partial charge in [-0.1, -0.05) is 29.8 Å². The lowest BCUT2D eigenvalue weighted by molar-refractivity contribution is -0.118. The monoisotopic (exact) mass is 264 g/mol. The van der Waals surface area contributed by atoms with E-state index in [1.165, 1.54) is 4.88 Å². The summed E-state index contributed by atoms with van der Waals surface area (Å²) in [6.07, 6.45) is 1.93. The molecule has 0 radical (unpaired) electrons. The van der Waals surface area contributed by atoms with E-state index in [9.17, 15) is 4.79 Å². The zero-order chi connectivity index (χ0) is 12.1. The average Bonchev–Trinajstić information content (AvgIpc) is 2.79. The number of hydrogen-bond donors (Lipinski definition) is 0. The van der Waals surface area contributed by atoms with Crippen molar-refractivity contribution in [2.75, 3.05) is 0 Å². The van der Waals surface area contributed by atoms with E-state index in [1.54, 1.807) is 11.3 Å². The third-order valence-electron chi connectivity index (χ3n) is 2.52. The minimum atomic E-state index is 0.265. The first-order valence-electron chi connectivity index (χ1n) is 5.52. The van der Waals surface area contributed by atoms with Crippen LogP contribution in [0.25, 0.3) is 0 Å². The number of aryl methyl sites for hydroxylation is 1. The van der Waals surface area contributed by atoms with Crippen molar-refractivity contribution in [2.45, 2.75) is 19.3 Å². The summed E-state index contributed by atoms with van der Waals surface area (Å²) < 4.78 is 0. The van der Waals surface area contributed by atoms with Crippen LogP contribution in [-0.2, 0) is 17.6 Å². The molecule has 1 nitrogen and oxygen atoms in total. The van der Waals surface area contributed by atoms with Crippen molar-refractivity contribution < 1.29 is 4.79 Å². The molecule has 1 aromatic heterocycles. The van der Waals surface area contributed by atoms with E-state index < -0.39 is 0 Å². The Balaban J connectivity index is 1.85. The molecule has 0 fully saturated rings. The van der Waals surface area contributed by atoms with Gasteiger partial charge in [0.05, 0.1) is 0 Å². The van der Waals surface area contributed by atoms with Crippen molar-refractivity contribution in [3.63, 3.8) is 0 Å². The zero-order valence-corrected chi connectivity index (χ0v) is 10.9. The summed E-state index contributed by atoms with van der Waals surface area (Å²) in [6.45, 7) is 0. The van der Waals surface area contributed by atoms with Crippen LogP contribution >= 0.6 is 22.9 Å². The normalized spacial score (nSPS) is 10.4. The van der Waals surface area contributed by atoms with Crippen LogP contribution in [0.5, 0.6) is 0 Å². The molecule has 2 rings (SSSR count). The highest BCUT2D eigenvalue weighted by molar-refractivity contribution is 7.09. The highest BCUT2D eigenvalue weighted by Gasteiger charge is 2.05. The molecule has 2 aromatic rings. The van der Waals surface area contributed by atoms with Gasteiger partial charge in [0, 0.05) is 22.7 Å². The molecule has 17 heavy (non-hydrogen) atoms.